The average Bonchev–Trinajstić information content (AvgIpc) is 2.19. The number of rotatable bonds is 1. The maximum atomic E-state index is 5.97. The van der Waals surface area contributed by atoms with Crippen molar-refractivity contribution in [1.82, 2.24) is 5.32 Å². The lowest BCUT2D eigenvalue weighted by molar-refractivity contribution is 0.354. The molecule has 0 amide bonds. The van der Waals surface area contributed by atoms with Gasteiger partial charge >= 0.3 is 0 Å². The van der Waals surface area contributed by atoms with Crippen molar-refractivity contribution < 1.29 is 0 Å². The normalized spacial score (nSPS) is 33.8. The summed E-state index contributed by atoms with van der Waals surface area (Å²) in [4.78, 5) is 0. The molecular formula is C11H18N2. The first-order valence-corrected chi connectivity index (χ1v) is 5.21. The largest absolute Gasteiger partial charge is 0.387 e. The maximum Gasteiger partial charge on any atom is 0.0360 e. The van der Waals surface area contributed by atoms with Crippen molar-refractivity contribution >= 4 is 0 Å². The summed E-state index contributed by atoms with van der Waals surface area (Å²) in [7, 11) is 0. The molecule has 0 bridgehead atoms. The minimum absolute atomic E-state index is 0.436. The molecule has 0 aromatic carbocycles. The first kappa shape index (κ1) is 8.82. The molecule has 2 rings (SSSR count). The van der Waals surface area contributed by atoms with Crippen LogP contribution in [0.25, 0.3) is 0 Å². The Balaban J connectivity index is 1.98. The van der Waals surface area contributed by atoms with Gasteiger partial charge in [-0.05, 0) is 43.0 Å². The predicted octanol–water partition coefficient (Wildman–Crippen LogP) is 1.55. The van der Waals surface area contributed by atoms with Gasteiger partial charge in [0.25, 0.3) is 0 Å². The molecule has 0 spiro atoms. The molecule has 1 fully saturated rings. The Labute approximate surface area is 79.9 Å². The van der Waals surface area contributed by atoms with E-state index in [4.69, 9.17) is 5.73 Å². The van der Waals surface area contributed by atoms with Gasteiger partial charge in [-0.1, -0.05) is 12.5 Å². The second-order valence-electron chi connectivity index (χ2n) is 4.11. The first-order chi connectivity index (χ1) is 6.36. The van der Waals surface area contributed by atoms with Gasteiger partial charge in [0, 0.05) is 12.6 Å². The van der Waals surface area contributed by atoms with Gasteiger partial charge in [0.2, 0.25) is 0 Å². The van der Waals surface area contributed by atoms with Crippen LogP contribution in [0.5, 0.6) is 0 Å². The van der Waals surface area contributed by atoms with Crippen LogP contribution < -0.4 is 11.1 Å². The van der Waals surface area contributed by atoms with Gasteiger partial charge in [-0.2, -0.15) is 0 Å². The Kier molecular flexibility index (Phi) is 2.69. The van der Waals surface area contributed by atoms with Gasteiger partial charge in [0.05, 0.1) is 0 Å². The summed E-state index contributed by atoms with van der Waals surface area (Å²) in [6.45, 7) is 1.02. The molecule has 0 radical (unpaired) electrons. The molecule has 72 valence electrons. The van der Waals surface area contributed by atoms with Crippen molar-refractivity contribution in [3.05, 3.63) is 23.9 Å². The molecule has 3 N–H and O–H groups in total. The van der Waals surface area contributed by atoms with Crippen molar-refractivity contribution in [2.24, 2.45) is 11.7 Å². The summed E-state index contributed by atoms with van der Waals surface area (Å²) in [5.41, 5.74) is 7.51. The number of nitrogens with two attached hydrogens (primary N) is 1. The van der Waals surface area contributed by atoms with Crippen LogP contribution in [0.15, 0.2) is 23.9 Å². The van der Waals surface area contributed by atoms with Gasteiger partial charge in [0.15, 0.2) is 0 Å². The van der Waals surface area contributed by atoms with Gasteiger partial charge in [-0.25, -0.2) is 0 Å². The first-order valence-electron chi connectivity index (χ1n) is 5.21. The average molecular weight is 178 g/mol. The standard InChI is InChI=1S/C11H18N2/c12-11-5-1-3-9(7-11)10-4-2-6-13-8-10/h2,4,6,9,11,13H,1,3,5,7-8,12H2. The zero-order chi connectivity index (χ0) is 9.10. The van der Waals surface area contributed by atoms with Crippen LogP contribution in [0, 0.1) is 5.92 Å². The highest BCUT2D eigenvalue weighted by molar-refractivity contribution is 5.21. The molecule has 0 aromatic heterocycles. The van der Waals surface area contributed by atoms with Gasteiger partial charge in [-0.15, -0.1) is 0 Å². The van der Waals surface area contributed by atoms with E-state index in [1.165, 1.54) is 31.3 Å². The fraction of sp³-hybridized carbons (Fsp3) is 0.636. The van der Waals surface area contributed by atoms with E-state index in [2.05, 4.69) is 17.5 Å². The third kappa shape index (κ3) is 2.13. The second-order valence-corrected chi connectivity index (χ2v) is 4.11. The number of dihydropyridines is 1. The highest BCUT2D eigenvalue weighted by atomic mass is 14.8. The Morgan fingerprint density at radius 1 is 1.38 bits per heavy atom. The molecule has 2 aliphatic rings. The van der Waals surface area contributed by atoms with Crippen molar-refractivity contribution in [1.29, 1.82) is 0 Å². The maximum absolute atomic E-state index is 5.97. The fourth-order valence-electron chi connectivity index (χ4n) is 2.32. The SMILES string of the molecule is NC1CCCC(C2=CC=CNC2)C1. The van der Waals surface area contributed by atoms with Crippen molar-refractivity contribution in [2.75, 3.05) is 6.54 Å². The monoisotopic (exact) mass is 178 g/mol. The number of hydrogen-bond donors (Lipinski definition) is 2. The van der Waals surface area contributed by atoms with Crippen LogP contribution in [0.2, 0.25) is 0 Å². The third-order valence-corrected chi connectivity index (χ3v) is 3.07. The zero-order valence-corrected chi connectivity index (χ0v) is 8.00. The Bertz CT molecular complexity index is 230. The molecule has 2 unspecified atom stereocenters. The third-order valence-electron chi connectivity index (χ3n) is 3.07. The molecule has 2 heteroatoms. The quantitative estimate of drug-likeness (QED) is 0.639. The molecule has 1 aliphatic carbocycles. The molecule has 1 saturated carbocycles. The predicted molar refractivity (Wildman–Crippen MR) is 55.2 cm³/mol. The van der Waals surface area contributed by atoms with E-state index in [9.17, 15) is 0 Å². The van der Waals surface area contributed by atoms with E-state index in [0.29, 0.717) is 6.04 Å². The Morgan fingerprint density at radius 3 is 3.00 bits per heavy atom. The fourth-order valence-corrected chi connectivity index (χ4v) is 2.32. The highest BCUT2D eigenvalue weighted by Gasteiger charge is 2.22. The Morgan fingerprint density at radius 2 is 2.31 bits per heavy atom. The smallest absolute Gasteiger partial charge is 0.0360 e. The topological polar surface area (TPSA) is 38.0 Å². The van der Waals surface area contributed by atoms with E-state index in [-0.39, 0.29) is 0 Å². The number of hydrogen-bond acceptors (Lipinski definition) is 2. The lowest BCUT2D eigenvalue weighted by atomic mass is 9.81. The van der Waals surface area contributed by atoms with Crippen LogP contribution in [-0.2, 0) is 0 Å². The van der Waals surface area contributed by atoms with Crippen LogP contribution in [-0.4, -0.2) is 12.6 Å². The van der Waals surface area contributed by atoms with Gasteiger partial charge in [0.1, 0.15) is 0 Å². The Hall–Kier alpha value is -0.760. The molecular weight excluding hydrogens is 160 g/mol. The zero-order valence-electron chi connectivity index (χ0n) is 8.00. The molecule has 2 atom stereocenters. The summed E-state index contributed by atoms with van der Waals surface area (Å²) in [5, 5.41) is 3.26. The highest BCUT2D eigenvalue weighted by Crippen LogP contribution is 2.29. The van der Waals surface area contributed by atoms with Crippen LogP contribution in [0.1, 0.15) is 25.7 Å². The molecule has 0 aromatic rings. The molecule has 13 heavy (non-hydrogen) atoms. The number of nitrogens with one attached hydrogen (secondary N) is 1. The summed E-state index contributed by atoms with van der Waals surface area (Å²) in [6.07, 6.45) is 11.4. The van der Waals surface area contributed by atoms with Crippen molar-refractivity contribution in [3.63, 3.8) is 0 Å². The van der Waals surface area contributed by atoms with Gasteiger partial charge < -0.3 is 11.1 Å². The summed E-state index contributed by atoms with van der Waals surface area (Å²) in [5.74, 6) is 0.737. The van der Waals surface area contributed by atoms with E-state index in [0.717, 1.165) is 12.5 Å². The number of allylic oxidation sites excluding steroid dienone is 2. The van der Waals surface area contributed by atoms with E-state index < -0.39 is 0 Å². The van der Waals surface area contributed by atoms with Gasteiger partial charge in [-0.3, -0.25) is 0 Å². The summed E-state index contributed by atoms with van der Waals surface area (Å²) in [6, 6.07) is 0.436. The van der Waals surface area contributed by atoms with E-state index in [1.54, 1.807) is 0 Å². The van der Waals surface area contributed by atoms with Crippen molar-refractivity contribution in [2.45, 2.75) is 31.7 Å². The van der Waals surface area contributed by atoms with Crippen LogP contribution in [0.3, 0.4) is 0 Å². The van der Waals surface area contributed by atoms with Crippen LogP contribution >= 0.6 is 0 Å². The molecule has 2 nitrogen and oxygen atoms in total. The minimum atomic E-state index is 0.436. The molecule has 0 saturated heterocycles. The summed E-state index contributed by atoms with van der Waals surface area (Å²) < 4.78 is 0. The molecule has 1 aliphatic heterocycles. The molecule has 1 heterocycles. The minimum Gasteiger partial charge on any atom is -0.387 e. The second kappa shape index (κ2) is 3.97. The van der Waals surface area contributed by atoms with Crippen molar-refractivity contribution in [3.8, 4) is 0 Å². The van der Waals surface area contributed by atoms with E-state index >= 15 is 0 Å². The lowest BCUT2D eigenvalue weighted by Crippen LogP contribution is -2.31. The summed E-state index contributed by atoms with van der Waals surface area (Å²) >= 11 is 0. The van der Waals surface area contributed by atoms with Crippen LogP contribution in [0.4, 0.5) is 0 Å². The lowest BCUT2D eigenvalue weighted by Gasteiger charge is -2.29. The van der Waals surface area contributed by atoms with E-state index in [1.807, 2.05) is 6.20 Å².